The topological polar surface area (TPSA) is 29.5 Å². The normalized spacial score (nSPS) is 29.2. The molecule has 3 heteroatoms. The van der Waals surface area contributed by atoms with Gasteiger partial charge in [-0.3, -0.25) is 4.90 Å². The van der Waals surface area contributed by atoms with Crippen molar-refractivity contribution in [2.24, 2.45) is 0 Å². The molecule has 0 radical (unpaired) electrons. The van der Waals surface area contributed by atoms with Crippen molar-refractivity contribution in [2.45, 2.75) is 44.4 Å². The van der Waals surface area contributed by atoms with Gasteiger partial charge in [0.2, 0.25) is 0 Å². The van der Waals surface area contributed by atoms with Crippen LogP contribution in [0, 0.1) is 0 Å². The molecule has 3 atom stereocenters. The number of carbonyl (C=O) groups excluding carboxylic acids is 1. The van der Waals surface area contributed by atoms with Crippen LogP contribution in [0.4, 0.5) is 4.79 Å². The van der Waals surface area contributed by atoms with Gasteiger partial charge in [-0.2, -0.15) is 0 Å². The lowest BCUT2D eigenvalue weighted by Crippen LogP contribution is -2.45. The van der Waals surface area contributed by atoms with Gasteiger partial charge in [-0.1, -0.05) is 49.4 Å². The first-order valence-electron chi connectivity index (χ1n) is 6.99. The Balaban J connectivity index is 1.80. The van der Waals surface area contributed by atoms with Crippen LogP contribution < -0.4 is 0 Å². The van der Waals surface area contributed by atoms with E-state index in [0.717, 1.165) is 19.3 Å². The number of hydrogen-bond acceptors (Lipinski definition) is 2. The van der Waals surface area contributed by atoms with E-state index in [9.17, 15) is 4.79 Å². The minimum absolute atomic E-state index is 0.0516. The van der Waals surface area contributed by atoms with Gasteiger partial charge in [0.1, 0.15) is 6.10 Å². The summed E-state index contributed by atoms with van der Waals surface area (Å²) >= 11 is 0. The van der Waals surface area contributed by atoms with Crippen molar-refractivity contribution in [3.05, 3.63) is 48.0 Å². The molecular weight excluding hydrogens is 238 g/mol. The highest BCUT2D eigenvalue weighted by Gasteiger charge is 2.44. The van der Waals surface area contributed by atoms with Gasteiger partial charge in [0.05, 0.1) is 12.1 Å². The number of rotatable bonds is 3. The standard InChI is InChI=1S/C16H19NO2/c1-2-15-14-10-6-9-13(17(14)16(18)19-15)11-12-7-4-3-5-8-12/h3-9,13-15H,2,10-11H2,1H3/t13-,14-,15-/m1/s1. The molecule has 1 amide bonds. The lowest BCUT2D eigenvalue weighted by molar-refractivity contribution is 0.127. The van der Waals surface area contributed by atoms with Crippen LogP contribution in [-0.4, -0.2) is 29.2 Å². The fourth-order valence-electron chi connectivity index (χ4n) is 3.08. The van der Waals surface area contributed by atoms with Gasteiger partial charge in [0, 0.05) is 0 Å². The Kier molecular flexibility index (Phi) is 3.28. The molecule has 1 saturated heterocycles. The third kappa shape index (κ3) is 2.25. The van der Waals surface area contributed by atoms with Crippen LogP contribution in [0.25, 0.3) is 0 Å². The lowest BCUT2D eigenvalue weighted by atomic mass is 9.95. The van der Waals surface area contributed by atoms with E-state index in [4.69, 9.17) is 4.74 Å². The minimum atomic E-state index is -0.151. The molecule has 1 fully saturated rings. The second-order valence-electron chi connectivity index (χ2n) is 5.23. The van der Waals surface area contributed by atoms with Gasteiger partial charge < -0.3 is 4.74 Å². The fourth-order valence-corrected chi connectivity index (χ4v) is 3.08. The molecule has 0 spiro atoms. The maximum absolute atomic E-state index is 12.0. The predicted molar refractivity (Wildman–Crippen MR) is 73.9 cm³/mol. The molecule has 0 bridgehead atoms. The van der Waals surface area contributed by atoms with Crippen LogP contribution >= 0.6 is 0 Å². The van der Waals surface area contributed by atoms with Crippen LogP contribution in [0.3, 0.4) is 0 Å². The van der Waals surface area contributed by atoms with Crippen molar-refractivity contribution < 1.29 is 9.53 Å². The minimum Gasteiger partial charge on any atom is -0.444 e. The average Bonchev–Trinajstić information content (AvgIpc) is 2.78. The highest BCUT2D eigenvalue weighted by atomic mass is 16.6. The zero-order valence-electron chi connectivity index (χ0n) is 11.2. The van der Waals surface area contributed by atoms with Crippen molar-refractivity contribution in [1.82, 2.24) is 4.90 Å². The van der Waals surface area contributed by atoms with Gasteiger partial charge >= 0.3 is 6.09 Å². The second kappa shape index (κ2) is 5.08. The summed E-state index contributed by atoms with van der Waals surface area (Å²) in [6, 6.07) is 10.7. The summed E-state index contributed by atoms with van der Waals surface area (Å²) in [5, 5.41) is 0. The smallest absolute Gasteiger partial charge is 0.411 e. The van der Waals surface area contributed by atoms with E-state index in [1.807, 2.05) is 23.1 Å². The van der Waals surface area contributed by atoms with Crippen LogP contribution in [-0.2, 0) is 11.2 Å². The van der Waals surface area contributed by atoms with Crippen molar-refractivity contribution in [1.29, 1.82) is 0 Å². The third-order valence-electron chi connectivity index (χ3n) is 4.03. The number of amides is 1. The number of hydrogen-bond donors (Lipinski definition) is 0. The maximum Gasteiger partial charge on any atom is 0.411 e. The predicted octanol–water partition coefficient (Wildman–Crippen LogP) is 3.16. The summed E-state index contributed by atoms with van der Waals surface area (Å²) < 4.78 is 5.47. The molecule has 2 aliphatic rings. The second-order valence-corrected chi connectivity index (χ2v) is 5.23. The van der Waals surface area contributed by atoms with Crippen molar-refractivity contribution in [3.8, 4) is 0 Å². The van der Waals surface area contributed by atoms with E-state index in [0.29, 0.717) is 0 Å². The van der Waals surface area contributed by atoms with Gasteiger partial charge in [0.15, 0.2) is 0 Å². The quantitative estimate of drug-likeness (QED) is 0.778. The highest BCUT2D eigenvalue weighted by Crippen LogP contribution is 2.31. The molecule has 3 rings (SSSR count). The van der Waals surface area contributed by atoms with Crippen LogP contribution in [0.5, 0.6) is 0 Å². The molecule has 0 aromatic heterocycles. The van der Waals surface area contributed by atoms with Crippen LogP contribution in [0.15, 0.2) is 42.5 Å². The molecule has 0 unspecified atom stereocenters. The Morgan fingerprint density at radius 1 is 1.32 bits per heavy atom. The molecule has 0 aliphatic carbocycles. The number of nitrogens with zero attached hydrogens (tertiary/aromatic N) is 1. The summed E-state index contributed by atoms with van der Waals surface area (Å²) in [5.41, 5.74) is 1.26. The van der Waals surface area contributed by atoms with Gasteiger partial charge in [-0.15, -0.1) is 0 Å². The number of cyclic esters (lactones) is 1. The van der Waals surface area contributed by atoms with Crippen LogP contribution in [0.1, 0.15) is 25.3 Å². The Labute approximate surface area is 113 Å². The SMILES string of the molecule is CC[C@H]1OC(=O)N2[C@@H](Cc3ccccc3)C=CC[C@H]12. The van der Waals surface area contributed by atoms with E-state index >= 15 is 0 Å². The highest BCUT2D eigenvalue weighted by molar-refractivity contribution is 5.72. The van der Waals surface area contributed by atoms with Gasteiger partial charge in [-0.25, -0.2) is 4.79 Å². The molecule has 3 nitrogen and oxygen atoms in total. The number of carbonyl (C=O) groups is 1. The van der Waals surface area contributed by atoms with E-state index in [1.54, 1.807) is 0 Å². The van der Waals surface area contributed by atoms with Crippen molar-refractivity contribution >= 4 is 6.09 Å². The first-order valence-corrected chi connectivity index (χ1v) is 6.99. The number of benzene rings is 1. The summed E-state index contributed by atoms with van der Waals surface area (Å²) in [6.07, 6.45) is 6.90. The van der Waals surface area contributed by atoms with Crippen molar-refractivity contribution in [2.75, 3.05) is 0 Å². The maximum atomic E-state index is 12.0. The molecule has 0 N–H and O–H groups in total. The monoisotopic (exact) mass is 257 g/mol. The molecule has 100 valence electrons. The Hall–Kier alpha value is -1.77. The zero-order chi connectivity index (χ0) is 13.2. The van der Waals surface area contributed by atoms with E-state index < -0.39 is 0 Å². The zero-order valence-corrected chi connectivity index (χ0v) is 11.2. The molecular formula is C16H19NO2. The Bertz CT molecular complexity index is 483. The molecule has 2 heterocycles. The lowest BCUT2D eigenvalue weighted by Gasteiger charge is -2.33. The molecule has 19 heavy (non-hydrogen) atoms. The van der Waals surface area contributed by atoms with E-state index in [2.05, 4.69) is 31.2 Å². The fraction of sp³-hybridized carbons (Fsp3) is 0.438. The Morgan fingerprint density at radius 2 is 2.11 bits per heavy atom. The van der Waals surface area contributed by atoms with E-state index in [1.165, 1.54) is 5.56 Å². The van der Waals surface area contributed by atoms with Gasteiger partial charge in [0.25, 0.3) is 0 Å². The first kappa shape index (κ1) is 12.3. The van der Waals surface area contributed by atoms with Crippen molar-refractivity contribution in [3.63, 3.8) is 0 Å². The average molecular weight is 257 g/mol. The summed E-state index contributed by atoms with van der Waals surface area (Å²) in [6.45, 7) is 2.08. The molecule has 0 saturated carbocycles. The number of fused-ring (bicyclic) bond motifs is 1. The third-order valence-corrected chi connectivity index (χ3v) is 4.03. The summed E-state index contributed by atoms with van der Waals surface area (Å²) in [5.74, 6) is 0. The molecule has 1 aromatic carbocycles. The van der Waals surface area contributed by atoms with Crippen LogP contribution in [0.2, 0.25) is 0 Å². The largest absolute Gasteiger partial charge is 0.444 e. The molecule has 1 aromatic rings. The molecule has 2 aliphatic heterocycles. The summed E-state index contributed by atoms with van der Waals surface area (Å²) in [4.78, 5) is 14.0. The summed E-state index contributed by atoms with van der Waals surface area (Å²) in [7, 11) is 0. The van der Waals surface area contributed by atoms with E-state index in [-0.39, 0.29) is 24.3 Å². The number of ether oxygens (including phenoxy) is 1. The van der Waals surface area contributed by atoms with Gasteiger partial charge in [-0.05, 0) is 24.8 Å². The Morgan fingerprint density at radius 3 is 2.84 bits per heavy atom. The first-order chi connectivity index (χ1) is 9.29.